The molecule has 0 saturated carbocycles. The number of anilines is 1. The van der Waals surface area contributed by atoms with Gasteiger partial charge in [0.1, 0.15) is 5.54 Å². The first-order chi connectivity index (χ1) is 14.0. The number of carbonyl (C=O) groups excluding carboxylic acids is 3. The van der Waals surface area contributed by atoms with Crippen LogP contribution < -0.4 is 10.2 Å². The molecule has 0 radical (unpaired) electrons. The minimum absolute atomic E-state index is 0.135. The molecule has 3 saturated heterocycles. The van der Waals surface area contributed by atoms with E-state index in [-0.39, 0.29) is 17.8 Å². The molecule has 4 amide bonds. The van der Waals surface area contributed by atoms with Gasteiger partial charge in [-0.2, -0.15) is 0 Å². The first-order valence-corrected chi connectivity index (χ1v) is 10.4. The van der Waals surface area contributed by atoms with E-state index < -0.39 is 5.54 Å². The third-order valence-electron chi connectivity index (χ3n) is 6.47. The number of nitrogens with one attached hydrogen (secondary N) is 1. The van der Waals surface area contributed by atoms with Crippen molar-refractivity contribution >= 4 is 23.5 Å². The van der Waals surface area contributed by atoms with Gasteiger partial charge in [0, 0.05) is 65.0 Å². The molecule has 156 valence electrons. The Bertz CT molecular complexity index is 768. The summed E-state index contributed by atoms with van der Waals surface area (Å²) in [7, 11) is 1.50. The van der Waals surface area contributed by atoms with Gasteiger partial charge in [-0.25, -0.2) is 4.79 Å². The topological polar surface area (TPSA) is 76.2 Å². The molecule has 0 atom stereocenters. The van der Waals surface area contributed by atoms with Crippen LogP contribution in [0, 0.1) is 0 Å². The Hall–Kier alpha value is -2.61. The fourth-order valence-corrected chi connectivity index (χ4v) is 4.51. The predicted molar refractivity (Wildman–Crippen MR) is 110 cm³/mol. The Kier molecular flexibility index (Phi) is 5.45. The Morgan fingerprint density at radius 2 is 1.66 bits per heavy atom. The van der Waals surface area contributed by atoms with Gasteiger partial charge in [0.25, 0.3) is 5.91 Å². The maximum absolute atomic E-state index is 12.6. The number of imide groups is 1. The summed E-state index contributed by atoms with van der Waals surface area (Å²) in [6, 6.07) is 10.1. The van der Waals surface area contributed by atoms with Crippen molar-refractivity contribution in [2.24, 2.45) is 0 Å². The number of likely N-dealkylation sites (tertiary alicyclic amines) is 1. The Morgan fingerprint density at radius 1 is 1.00 bits per heavy atom. The number of piperidine rings is 1. The summed E-state index contributed by atoms with van der Waals surface area (Å²) in [4.78, 5) is 44.5. The number of hydrogen-bond donors (Lipinski definition) is 1. The Morgan fingerprint density at radius 3 is 2.24 bits per heavy atom. The van der Waals surface area contributed by atoms with Gasteiger partial charge >= 0.3 is 6.03 Å². The van der Waals surface area contributed by atoms with Crippen molar-refractivity contribution in [3.05, 3.63) is 30.3 Å². The summed E-state index contributed by atoms with van der Waals surface area (Å²) in [5, 5.41) is 2.82. The third-order valence-corrected chi connectivity index (χ3v) is 6.47. The average Bonchev–Trinajstić information content (AvgIpc) is 2.97. The van der Waals surface area contributed by atoms with E-state index in [2.05, 4.69) is 39.4 Å². The van der Waals surface area contributed by atoms with Crippen molar-refractivity contribution in [2.75, 3.05) is 57.8 Å². The Labute approximate surface area is 171 Å². The number of piperazine rings is 1. The molecule has 8 heteroatoms. The molecular formula is C21H29N5O3. The molecule has 1 aromatic rings. The summed E-state index contributed by atoms with van der Waals surface area (Å²) in [5.41, 5.74) is 0.445. The number of benzene rings is 1. The average molecular weight is 399 g/mol. The number of nitrogens with zero attached hydrogens (tertiary/aromatic N) is 4. The van der Waals surface area contributed by atoms with Crippen LogP contribution in [0.5, 0.6) is 0 Å². The molecule has 1 spiro atoms. The summed E-state index contributed by atoms with van der Waals surface area (Å²) in [6.07, 6.45) is 1.48. The van der Waals surface area contributed by atoms with Crippen molar-refractivity contribution in [1.82, 2.24) is 20.0 Å². The zero-order valence-corrected chi connectivity index (χ0v) is 17.0. The largest absolute Gasteiger partial charge is 0.369 e. The Balaban J connectivity index is 1.20. The van der Waals surface area contributed by atoms with Crippen LogP contribution in [0.4, 0.5) is 10.5 Å². The second kappa shape index (κ2) is 8.02. The summed E-state index contributed by atoms with van der Waals surface area (Å²) >= 11 is 0. The first kappa shape index (κ1) is 19.7. The summed E-state index contributed by atoms with van der Waals surface area (Å²) in [5.74, 6) is -0.0404. The van der Waals surface area contributed by atoms with Crippen LogP contribution in [-0.2, 0) is 9.59 Å². The maximum atomic E-state index is 12.6. The van der Waals surface area contributed by atoms with Gasteiger partial charge in [-0.3, -0.25) is 19.4 Å². The molecule has 0 bridgehead atoms. The van der Waals surface area contributed by atoms with Crippen LogP contribution in [0.25, 0.3) is 0 Å². The number of carbonyl (C=O) groups is 3. The van der Waals surface area contributed by atoms with E-state index in [1.165, 1.54) is 12.7 Å². The van der Waals surface area contributed by atoms with Gasteiger partial charge < -0.3 is 15.1 Å². The minimum atomic E-state index is -0.809. The van der Waals surface area contributed by atoms with E-state index in [0.717, 1.165) is 37.6 Å². The molecule has 3 heterocycles. The fraction of sp³-hybridized carbons (Fsp3) is 0.571. The lowest BCUT2D eigenvalue weighted by atomic mass is 9.87. The number of para-hydroxylation sites is 1. The highest BCUT2D eigenvalue weighted by Gasteiger charge is 2.51. The van der Waals surface area contributed by atoms with Gasteiger partial charge in [-0.05, 0) is 25.0 Å². The standard InChI is InChI=1S/C21H29N5O3/c1-23-19(28)21(22-20(23)29)8-11-26(12-9-21)18(27)7-10-24-13-15-25(16-14-24)17-5-3-2-4-6-17/h2-6H,7-16H2,1H3,(H,22,29). The van der Waals surface area contributed by atoms with Gasteiger partial charge in [0.15, 0.2) is 0 Å². The number of hydrogen-bond acceptors (Lipinski definition) is 5. The highest BCUT2D eigenvalue weighted by Crippen LogP contribution is 2.29. The highest BCUT2D eigenvalue weighted by atomic mass is 16.2. The molecule has 3 fully saturated rings. The lowest BCUT2D eigenvalue weighted by molar-refractivity contribution is -0.138. The summed E-state index contributed by atoms with van der Waals surface area (Å²) < 4.78 is 0. The van der Waals surface area contributed by atoms with E-state index in [0.29, 0.717) is 32.4 Å². The van der Waals surface area contributed by atoms with Crippen molar-refractivity contribution in [1.29, 1.82) is 0 Å². The van der Waals surface area contributed by atoms with Crippen LogP contribution in [-0.4, -0.2) is 90.9 Å². The van der Waals surface area contributed by atoms with Gasteiger partial charge in [-0.15, -0.1) is 0 Å². The molecule has 4 rings (SSSR count). The number of rotatable bonds is 4. The molecule has 0 aromatic heterocycles. The molecule has 8 nitrogen and oxygen atoms in total. The number of likely N-dealkylation sites (N-methyl/N-ethyl adjacent to an activating group) is 1. The van der Waals surface area contributed by atoms with Crippen LogP contribution in [0.1, 0.15) is 19.3 Å². The SMILES string of the molecule is CN1C(=O)NC2(CCN(C(=O)CCN3CCN(c4ccccc4)CC3)CC2)C1=O. The van der Waals surface area contributed by atoms with Crippen molar-refractivity contribution in [2.45, 2.75) is 24.8 Å². The number of urea groups is 1. The van der Waals surface area contributed by atoms with E-state index in [1.54, 1.807) is 0 Å². The quantitative estimate of drug-likeness (QED) is 0.756. The second-order valence-corrected chi connectivity index (χ2v) is 8.17. The van der Waals surface area contributed by atoms with E-state index in [1.807, 2.05) is 11.0 Å². The van der Waals surface area contributed by atoms with E-state index in [9.17, 15) is 14.4 Å². The van der Waals surface area contributed by atoms with E-state index >= 15 is 0 Å². The highest BCUT2D eigenvalue weighted by molar-refractivity contribution is 6.06. The summed E-state index contributed by atoms with van der Waals surface area (Å²) in [6.45, 7) is 5.65. The maximum Gasteiger partial charge on any atom is 0.324 e. The van der Waals surface area contributed by atoms with Crippen LogP contribution >= 0.6 is 0 Å². The van der Waals surface area contributed by atoms with Crippen LogP contribution in [0.15, 0.2) is 30.3 Å². The monoisotopic (exact) mass is 399 g/mol. The predicted octanol–water partition coefficient (Wildman–Crippen LogP) is 0.742. The first-order valence-electron chi connectivity index (χ1n) is 10.4. The van der Waals surface area contributed by atoms with Crippen molar-refractivity contribution in [3.8, 4) is 0 Å². The molecular weight excluding hydrogens is 370 g/mol. The van der Waals surface area contributed by atoms with Crippen molar-refractivity contribution < 1.29 is 14.4 Å². The van der Waals surface area contributed by atoms with Crippen molar-refractivity contribution in [3.63, 3.8) is 0 Å². The van der Waals surface area contributed by atoms with Gasteiger partial charge in [0.05, 0.1) is 0 Å². The van der Waals surface area contributed by atoms with Crippen LogP contribution in [0.3, 0.4) is 0 Å². The minimum Gasteiger partial charge on any atom is -0.369 e. The smallest absolute Gasteiger partial charge is 0.324 e. The van der Waals surface area contributed by atoms with Gasteiger partial charge in [0.2, 0.25) is 5.91 Å². The number of amides is 4. The lowest BCUT2D eigenvalue weighted by Gasteiger charge is -2.38. The van der Waals surface area contributed by atoms with Gasteiger partial charge in [-0.1, -0.05) is 18.2 Å². The molecule has 1 N–H and O–H groups in total. The molecule has 0 aliphatic carbocycles. The molecule has 3 aliphatic rings. The van der Waals surface area contributed by atoms with Crippen LogP contribution in [0.2, 0.25) is 0 Å². The zero-order valence-electron chi connectivity index (χ0n) is 17.0. The fourth-order valence-electron chi connectivity index (χ4n) is 4.51. The third kappa shape index (κ3) is 3.94. The zero-order chi connectivity index (χ0) is 20.4. The molecule has 29 heavy (non-hydrogen) atoms. The normalized spacial score (nSPS) is 22.3. The second-order valence-electron chi connectivity index (χ2n) is 8.17. The molecule has 3 aliphatic heterocycles. The van der Waals surface area contributed by atoms with E-state index in [4.69, 9.17) is 0 Å². The molecule has 1 aromatic carbocycles. The molecule has 0 unspecified atom stereocenters. The lowest BCUT2D eigenvalue weighted by Crippen LogP contribution is -2.56.